The summed E-state index contributed by atoms with van der Waals surface area (Å²) >= 11 is 1.75. The van der Waals surface area contributed by atoms with Crippen LogP contribution in [0.4, 0.5) is 22.7 Å². The Morgan fingerprint density at radius 1 is 0.661 bits per heavy atom. The summed E-state index contributed by atoms with van der Waals surface area (Å²) in [6, 6.07) is 51.0. The van der Waals surface area contributed by atoms with Gasteiger partial charge in [0.15, 0.2) is 0 Å². The minimum absolute atomic E-state index is 0.763. The van der Waals surface area contributed by atoms with Crippen LogP contribution in [0.2, 0.25) is 0 Å². The van der Waals surface area contributed by atoms with E-state index in [2.05, 4.69) is 219 Å². The number of nitrogens with zero attached hydrogens (tertiary/aromatic N) is 2. The molecule has 2 aliphatic rings. The van der Waals surface area contributed by atoms with Gasteiger partial charge in [0.1, 0.15) is 0 Å². The fraction of sp³-hybridized carbons (Fsp3) is 0.186. The molecule has 0 N–H and O–H groups in total. The zero-order chi connectivity index (χ0) is 42.4. The van der Waals surface area contributed by atoms with Crippen molar-refractivity contribution < 1.29 is 0 Å². The molecule has 0 amide bonds. The van der Waals surface area contributed by atoms with Crippen LogP contribution in [-0.4, -0.2) is 0 Å². The van der Waals surface area contributed by atoms with Gasteiger partial charge in [-0.3, -0.25) is 0 Å². The van der Waals surface area contributed by atoms with Gasteiger partial charge in [0, 0.05) is 48.5 Å². The zero-order valence-corrected chi connectivity index (χ0v) is 37.2. The molecule has 0 bridgehead atoms. The van der Waals surface area contributed by atoms with Gasteiger partial charge in [0.05, 0.1) is 5.69 Å². The summed E-state index contributed by atoms with van der Waals surface area (Å²) in [5.74, 6) is 0.763. The second kappa shape index (κ2) is 18.7. The molecule has 6 aromatic carbocycles. The van der Waals surface area contributed by atoms with Gasteiger partial charge in [-0.25, -0.2) is 0 Å². The topological polar surface area (TPSA) is 6.48 Å². The third-order valence-electron chi connectivity index (χ3n) is 12.8. The number of thiophene rings is 1. The van der Waals surface area contributed by atoms with Crippen LogP contribution in [0.25, 0.3) is 50.2 Å². The number of hydrogen-bond donors (Lipinski definition) is 0. The van der Waals surface area contributed by atoms with E-state index in [1.165, 1.54) is 97.5 Å². The lowest BCUT2D eigenvalue weighted by atomic mass is 9.80. The van der Waals surface area contributed by atoms with E-state index in [4.69, 9.17) is 0 Å². The van der Waals surface area contributed by atoms with Gasteiger partial charge in [-0.2, -0.15) is 0 Å². The maximum atomic E-state index is 4.40. The number of allylic oxidation sites excluding steroid dienone is 10. The summed E-state index contributed by atoms with van der Waals surface area (Å²) in [7, 11) is 0. The molecule has 0 radical (unpaired) electrons. The number of fused-ring (bicyclic) bond motifs is 2. The summed E-state index contributed by atoms with van der Waals surface area (Å²) in [5, 5.41) is 4.85. The van der Waals surface area contributed by atoms with Crippen molar-refractivity contribution in [3.8, 4) is 11.1 Å². The second-order valence-electron chi connectivity index (χ2n) is 16.8. The van der Waals surface area contributed by atoms with Crippen molar-refractivity contribution in [3.05, 3.63) is 208 Å². The molecule has 1 saturated carbocycles. The molecule has 1 fully saturated rings. The SMILES string of the molecule is C=c1sc2ccc(N(c3ccc(C(C)=CC=C(C)N(C4=CC=C(C5CCCCC5)CC4)c4ccc(-c5ccccc5)cc4)cc3)c3cccc4ccccc34)cc2c1=CC=CC. The average molecular weight is 825 g/mol. The van der Waals surface area contributed by atoms with Crippen molar-refractivity contribution in [1.29, 1.82) is 0 Å². The van der Waals surface area contributed by atoms with Gasteiger partial charge < -0.3 is 9.80 Å². The molecule has 2 aliphatic carbocycles. The first-order valence-corrected chi connectivity index (χ1v) is 23.2. The molecular weight excluding hydrogens is 769 g/mol. The Balaban J connectivity index is 1.05. The van der Waals surface area contributed by atoms with Crippen molar-refractivity contribution in [1.82, 2.24) is 0 Å². The quantitative estimate of drug-likeness (QED) is 0.120. The van der Waals surface area contributed by atoms with Crippen LogP contribution in [-0.2, 0) is 0 Å². The first-order chi connectivity index (χ1) is 30.4. The van der Waals surface area contributed by atoms with Crippen LogP contribution < -0.4 is 19.6 Å². The van der Waals surface area contributed by atoms with Crippen LogP contribution in [0.5, 0.6) is 0 Å². The molecule has 3 heteroatoms. The molecule has 62 heavy (non-hydrogen) atoms. The number of rotatable bonds is 11. The number of benzene rings is 6. The predicted octanol–water partition coefficient (Wildman–Crippen LogP) is 16.0. The number of hydrogen-bond acceptors (Lipinski definition) is 3. The minimum Gasteiger partial charge on any atom is -0.318 e. The van der Waals surface area contributed by atoms with Gasteiger partial charge in [-0.05, 0) is 146 Å². The Kier molecular flexibility index (Phi) is 12.3. The van der Waals surface area contributed by atoms with Crippen LogP contribution in [0.15, 0.2) is 193 Å². The molecular formula is C59H56N2S. The van der Waals surface area contributed by atoms with Crippen molar-refractivity contribution in [2.24, 2.45) is 5.92 Å². The van der Waals surface area contributed by atoms with E-state index in [0.717, 1.165) is 40.4 Å². The first kappa shape index (κ1) is 41.0. The van der Waals surface area contributed by atoms with E-state index < -0.39 is 0 Å². The Bertz CT molecular complexity index is 2970. The van der Waals surface area contributed by atoms with Gasteiger partial charge in [0.2, 0.25) is 0 Å². The van der Waals surface area contributed by atoms with Crippen molar-refractivity contribution in [3.63, 3.8) is 0 Å². The first-order valence-electron chi connectivity index (χ1n) is 22.4. The van der Waals surface area contributed by atoms with Crippen LogP contribution >= 0.6 is 11.3 Å². The lowest BCUT2D eigenvalue weighted by Gasteiger charge is -2.32. The largest absolute Gasteiger partial charge is 0.318 e. The van der Waals surface area contributed by atoms with E-state index in [1.807, 2.05) is 0 Å². The molecule has 0 saturated heterocycles. The molecule has 0 spiro atoms. The monoisotopic (exact) mass is 824 g/mol. The predicted molar refractivity (Wildman–Crippen MR) is 272 cm³/mol. The van der Waals surface area contributed by atoms with E-state index in [1.54, 1.807) is 16.9 Å². The third-order valence-corrected chi connectivity index (χ3v) is 13.9. The lowest BCUT2D eigenvalue weighted by molar-refractivity contribution is 0.393. The minimum atomic E-state index is 0.763. The van der Waals surface area contributed by atoms with Gasteiger partial charge in [-0.1, -0.05) is 153 Å². The maximum Gasteiger partial charge on any atom is 0.0540 e. The second-order valence-corrected chi connectivity index (χ2v) is 18.0. The highest BCUT2D eigenvalue weighted by atomic mass is 32.1. The third kappa shape index (κ3) is 8.69. The Morgan fingerprint density at radius 3 is 2.13 bits per heavy atom. The lowest BCUT2D eigenvalue weighted by Crippen LogP contribution is -2.22. The van der Waals surface area contributed by atoms with E-state index in [9.17, 15) is 0 Å². The highest BCUT2D eigenvalue weighted by Gasteiger charge is 2.23. The summed E-state index contributed by atoms with van der Waals surface area (Å²) in [5.41, 5.74) is 13.7. The van der Waals surface area contributed by atoms with Crippen molar-refractivity contribution in [2.75, 3.05) is 9.80 Å². The van der Waals surface area contributed by atoms with Crippen molar-refractivity contribution >= 4 is 73.2 Å². The van der Waals surface area contributed by atoms with Gasteiger partial charge in [-0.15, -0.1) is 11.3 Å². The molecule has 1 aromatic heterocycles. The summed E-state index contributed by atoms with van der Waals surface area (Å²) < 4.78 is 2.33. The Hall–Kier alpha value is -6.42. The fourth-order valence-corrected chi connectivity index (χ4v) is 10.4. The molecule has 1 heterocycles. The Morgan fingerprint density at radius 2 is 1.37 bits per heavy atom. The van der Waals surface area contributed by atoms with Crippen LogP contribution in [0.3, 0.4) is 0 Å². The smallest absolute Gasteiger partial charge is 0.0540 e. The van der Waals surface area contributed by atoms with E-state index >= 15 is 0 Å². The molecule has 0 atom stereocenters. The normalized spacial score (nSPS) is 15.6. The van der Waals surface area contributed by atoms with Gasteiger partial charge >= 0.3 is 0 Å². The standard InChI is InChI=1S/C59H56N2S/c1-5-6-22-55-44(4)62-59-40-39-54(41-57(55)59)61(58-24-15-21-50-20-13-14-23-56(50)58)53-33-27-45(28-34-53)42(2)25-26-43(3)60(51-35-29-48(30-36-51)46-16-9-7-10-17-46)52-37-31-49(32-38-52)47-18-11-8-12-19-47/h5-7,9-10,13-17,20-31,33-37,39-41,47H,4,8,11-12,18-19,32,38H2,1-3H3. The van der Waals surface area contributed by atoms with E-state index in [0.29, 0.717) is 0 Å². The maximum absolute atomic E-state index is 4.40. The molecule has 7 aromatic rings. The van der Waals surface area contributed by atoms with Crippen molar-refractivity contribution in [2.45, 2.75) is 65.7 Å². The molecule has 9 rings (SSSR count). The summed E-state index contributed by atoms with van der Waals surface area (Å²) in [4.78, 5) is 4.88. The molecule has 2 nitrogen and oxygen atoms in total. The zero-order valence-electron chi connectivity index (χ0n) is 36.4. The highest BCUT2D eigenvalue weighted by Crippen LogP contribution is 2.41. The molecule has 308 valence electrons. The summed E-state index contributed by atoms with van der Waals surface area (Å²) in [6.07, 6.45) is 24.8. The fourth-order valence-electron chi connectivity index (χ4n) is 9.46. The molecule has 0 aliphatic heterocycles. The van der Waals surface area contributed by atoms with E-state index in [-0.39, 0.29) is 0 Å². The van der Waals surface area contributed by atoms with Crippen LogP contribution in [0, 0.1) is 5.92 Å². The van der Waals surface area contributed by atoms with Gasteiger partial charge in [0.25, 0.3) is 0 Å². The molecule has 0 unspecified atom stereocenters. The number of anilines is 4. The van der Waals surface area contributed by atoms with Crippen LogP contribution in [0.1, 0.15) is 71.3 Å². The average Bonchev–Trinajstić information content (AvgIpc) is 3.65. The highest BCUT2D eigenvalue weighted by molar-refractivity contribution is 7.17. The summed E-state index contributed by atoms with van der Waals surface area (Å²) in [6.45, 7) is 10.9. The Labute approximate surface area is 372 Å².